The van der Waals surface area contributed by atoms with Crippen LogP contribution >= 0.6 is 11.3 Å². The average molecular weight is 469 g/mol. The minimum absolute atomic E-state index is 0.00794. The maximum absolute atomic E-state index is 7.26. The molecule has 4 rings (SSSR count). The molecule has 0 unspecified atom stereocenters. The van der Waals surface area contributed by atoms with E-state index in [1.807, 2.05) is 6.07 Å². The molecule has 1 nitrogen and oxygen atoms in total. The molecule has 0 fully saturated rings. The van der Waals surface area contributed by atoms with Gasteiger partial charge in [0.05, 0.1) is 6.10 Å². The Labute approximate surface area is 203 Å². The zero-order valence-electron chi connectivity index (χ0n) is 19.9. The minimum atomic E-state index is -2.57. The number of thiophene rings is 1. The summed E-state index contributed by atoms with van der Waals surface area (Å²) in [5.74, 6) is 0. The van der Waals surface area contributed by atoms with Crippen molar-refractivity contribution >= 4 is 42.2 Å². The Bertz CT molecular complexity index is 1130. The Balaban J connectivity index is 1.69. The largest absolute Gasteiger partial charge is 0.401 e. The molecule has 168 valence electrons. The quantitative estimate of drug-likeness (QED) is 0.254. The van der Waals surface area contributed by atoms with Crippen molar-refractivity contribution in [2.75, 3.05) is 0 Å². The summed E-state index contributed by atoms with van der Waals surface area (Å²) in [4.78, 5) is 1.24. The van der Waals surface area contributed by atoms with Gasteiger partial charge < -0.3 is 4.43 Å². The summed E-state index contributed by atoms with van der Waals surface area (Å²) in [6.07, 6.45) is 4.36. The Morgan fingerprint density at radius 3 is 1.79 bits per heavy atom. The SMILES string of the molecule is C[C@@H](O[Si](c1ccccc1)(c1ccccc1)C(C)(C)C)c1csc(/C=C/c2ccccc2)c1. The smallest absolute Gasteiger partial charge is 0.261 e. The third-order valence-corrected chi connectivity index (χ3v) is 12.1. The lowest BCUT2D eigenvalue weighted by Crippen LogP contribution is -2.66. The van der Waals surface area contributed by atoms with E-state index in [2.05, 4.69) is 136 Å². The summed E-state index contributed by atoms with van der Waals surface area (Å²) in [5, 5.41) is 4.84. The van der Waals surface area contributed by atoms with Gasteiger partial charge in [0.2, 0.25) is 0 Å². The lowest BCUT2D eigenvalue weighted by Gasteiger charge is -2.44. The van der Waals surface area contributed by atoms with E-state index in [1.165, 1.54) is 26.4 Å². The van der Waals surface area contributed by atoms with Crippen molar-refractivity contribution in [3.63, 3.8) is 0 Å². The van der Waals surface area contributed by atoms with Crippen LogP contribution in [0.4, 0.5) is 0 Å². The standard InChI is InChI=1S/C30H32OSSi/c1-24(26-22-27(32-23-26)21-20-25-14-8-5-9-15-25)31-33(30(2,3)4,28-16-10-6-11-17-28)29-18-12-7-13-19-29/h5-24H,1-4H3/b21-20+/t24-/m1/s1. The van der Waals surface area contributed by atoms with Crippen LogP contribution in [0.5, 0.6) is 0 Å². The molecule has 0 bridgehead atoms. The molecule has 0 saturated carbocycles. The van der Waals surface area contributed by atoms with Gasteiger partial charge in [-0.2, -0.15) is 0 Å². The monoisotopic (exact) mass is 468 g/mol. The molecule has 0 aliphatic rings. The van der Waals surface area contributed by atoms with Gasteiger partial charge in [0.25, 0.3) is 8.32 Å². The van der Waals surface area contributed by atoms with E-state index in [1.54, 1.807) is 11.3 Å². The molecule has 1 aromatic heterocycles. The summed E-state index contributed by atoms with van der Waals surface area (Å²) >= 11 is 1.77. The van der Waals surface area contributed by atoms with Crippen molar-refractivity contribution in [3.8, 4) is 0 Å². The van der Waals surface area contributed by atoms with E-state index in [0.717, 1.165) is 0 Å². The molecule has 0 aliphatic carbocycles. The van der Waals surface area contributed by atoms with Crippen LogP contribution in [0.15, 0.2) is 102 Å². The fraction of sp³-hybridized carbons (Fsp3) is 0.200. The molecule has 0 saturated heterocycles. The summed E-state index contributed by atoms with van der Waals surface area (Å²) in [7, 11) is -2.57. The second-order valence-corrected chi connectivity index (χ2v) is 14.6. The Morgan fingerprint density at radius 1 is 0.758 bits per heavy atom. The van der Waals surface area contributed by atoms with Gasteiger partial charge in [-0.3, -0.25) is 0 Å². The predicted octanol–water partition coefficient (Wildman–Crippen LogP) is 7.56. The van der Waals surface area contributed by atoms with Gasteiger partial charge >= 0.3 is 0 Å². The highest BCUT2D eigenvalue weighted by molar-refractivity contribution is 7.11. The predicted molar refractivity (Wildman–Crippen MR) is 147 cm³/mol. The third kappa shape index (κ3) is 5.11. The van der Waals surface area contributed by atoms with E-state index < -0.39 is 8.32 Å². The Morgan fingerprint density at radius 2 is 1.27 bits per heavy atom. The van der Waals surface area contributed by atoms with Crippen LogP contribution in [0.2, 0.25) is 5.04 Å². The molecule has 1 heterocycles. The van der Waals surface area contributed by atoms with Crippen LogP contribution in [-0.4, -0.2) is 8.32 Å². The molecule has 0 spiro atoms. The van der Waals surface area contributed by atoms with E-state index in [0.29, 0.717) is 0 Å². The highest BCUT2D eigenvalue weighted by atomic mass is 32.1. The Hall–Kier alpha value is -2.72. The second-order valence-electron chi connectivity index (χ2n) is 9.45. The van der Waals surface area contributed by atoms with Gasteiger partial charge in [0.1, 0.15) is 0 Å². The number of rotatable bonds is 7. The highest BCUT2D eigenvalue weighted by Gasteiger charge is 2.51. The molecule has 33 heavy (non-hydrogen) atoms. The summed E-state index contributed by atoms with van der Waals surface area (Å²) in [6.45, 7) is 9.18. The fourth-order valence-corrected chi connectivity index (χ4v) is 10.00. The molecular formula is C30H32OSSi. The number of hydrogen-bond donors (Lipinski definition) is 0. The summed E-state index contributed by atoms with van der Waals surface area (Å²) in [6, 6.07) is 34.4. The van der Waals surface area contributed by atoms with Gasteiger partial charge in [-0.25, -0.2) is 0 Å². The van der Waals surface area contributed by atoms with Crippen LogP contribution in [-0.2, 0) is 4.43 Å². The lowest BCUT2D eigenvalue weighted by atomic mass is 10.2. The maximum atomic E-state index is 7.26. The topological polar surface area (TPSA) is 9.23 Å². The highest BCUT2D eigenvalue weighted by Crippen LogP contribution is 2.40. The first-order valence-electron chi connectivity index (χ1n) is 11.5. The van der Waals surface area contributed by atoms with E-state index in [-0.39, 0.29) is 11.1 Å². The second kappa shape index (κ2) is 10.0. The number of hydrogen-bond acceptors (Lipinski definition) is 2. The van der Waals surface area contributed by atoms with Crippen molar-refractivity contribution in [2.45, 2.75) is 38.8 Å². The van der Waals surface area contributed by atoms with Crippen LogP contribution in [0.25, 0.3) is 12.2 Å². The van der Waals surface area contributed by atoms with Crippen molar-refractivity contribution < 1.29 is 4.43 Å². The molecule has 3 aromatic carbocycles. The first-order valence-corrected chi connectivity index (χ1v) is 14.3. The van der Waals surface area contributed by atoms with Crippen LogP contribution in [0, 0.1) is 0 Å². The van der Waals surface area contributed by atoms with E-state index in [4.69, 9.17) is 4.43 Å². The van der Waals surface area contributed by atoms with E-state index >= 15 is 0 Å². The van der Waals surface area contributed by atoms with E-state index in [9.17, 15) is 0 Å². The first-order chi connectivity index (χ1) is 15.9. The van der Waals surface area contributed by atoms with Gasteiger partial charge in [0.15, 0.2) is 0 Å². The van der Waals surface area contributed by atoms with Crippen molar-refractivity contribution in [2.24, 2.45) is 0 Å². The Kier molecular flexibility index (Phi) is 7.13. The molecule has 0 radical (unpaired) electrons. The van der Waals surface area contributed by atoms with Gasteiger partial charge in [-0.15, -0.1) is 11.3 Å². The van der Waals surface area contributed by atoms with Crippen LogP contribution in [0.3, 0.4) is 0 Å². The van der Waals surface area contributed by atoms with Crippen molar-refractivity contribution in [1.29, 1.82) is 0 Å². The molecule has 3 heteroatoms. The third-order valence-electron chi connectivity index (χ3n) is 6.12. The zero-order chi connectivity index (χ0) is 23.3. The molecule has 0 amide bonds. The van der Waals surface area contributed by atoms with Gasteiger partial charge in [0, 0.05) is 4.88 Å². The molecule has 4 aromatic rings. The average Bonchev–Trinajstić information content (AvgIpc) is 3.31. The van der Waals surface area contributed by atoms with Gasteiger partial charge in [-0.1, -0.05) is 118 Å². The molecule has 0 aliphatic heterocycles. The number of benzene rings is 3. The molecule has 1 atom stereocenters. The van der Waals surface area contributed by atoms with Crippen molar-refractivity contribution in [1.82, 2.24) is 0 Å². The first kappa shape index (κ1) is 23.4. The van der Waals surface area contributed by atoms with Crippen LogP contribution in [0.1, 0.15) is 49.8 Å². The molecular weight excluding hydrogens is 436 g/mol. The van der Waals surface area contributed by atoms with Crippen molar-refractivity contribution in [3.05, 3.63) is 118 Å². The van der Waals surface area contributed by atoms with Crippen LogP contribution < -0.4 is 10.4 Å². The lowest BCUT2D eigenvalue weighted by molar-refractivity contribution is 0.211. The summed E-state index contributed by atoms with van der Waals surface area (Å²) in [5.41, 5.74) is 2.45. The minimum Gasteiger partial charge on any atom is -0.401 e. The maximum Gasteiger partial charge on any atom is 0.261 e. The normalized spacial score (nSPS) is 13.3. The summed E-state index contributed by atoms with van der Waals surface area (Å²) < 4.78 is 7.26. The zero-order valence-corrected chi connectivity index (χ0v) is 21.7. The fourth-order valence-electron chi connectivity index (χ4n) is 4.44. The molecule has 0 N–H and O–H groups in total. The van der Waals surface area contributed by atoms with Gasteiger partial charge in [-0.05, 0) is 51.0 Å².